The SMILES string of the molecule is CC(C)Oc1cc(C(N)CO)ccn1. The second kappa shape index (κ2) is 4.93. The summed E-state index contributed by atoms with van der Waals surface area (Å²) in [5, 5.41) is 8.87. The second-order valence-corrected chi connectivity index (χ2v) is 3.38. The van der Waals surface area contributed by atoms with Gasteiger partial charge >= 0.3 is 0 Å². The highest BCUT2D eigenvalue weighted by atomic mass is 16.5. The molecule has 1 unspecified atom stereocenters. The van der Waals surface area contributed by atoms with Crippen molar-refractivity contribution in [1.29, 1.82) is 0 Å². The molecular formula is C10H16N2O2. The quantitative estimate of drug-likeness (QED) is 0.749. The maximum absolute atomic E-state index is 8.87. The van der Waals surface area contributed by atoms with Gasteiger partial charge in [-0.3, -0.25) is 0 Å². The van der Waals surface area contributed by atoms with Crippen molar-refractivity contribution in [2.45, 2.75) is 26.0 Å². The Labute approximate surface area is 83.7 Å². The number of aliphatic hydroxyl groups is 1. The van der Waals surface area contributed by atoms with Crippen LogP contribution in [0.3, 0.4) is 0 Å². The molecule has 1 atom stereocenters. The van der Waals surface area contributed by atoms with Gasteiger partial charge in [-0.2, -0.15) is 0 Å². The van der Waals surface area contributed by atoms with E-state index in [-0.39, 0.29) is 18.8 Å². The van der Waals surface area contributed by atoms with Crippen molar-refractivity contribution in [2.75, 3.05) is 6.61 Å². The van der Waals surface area contributed by atoms with E-state index in [1.54, 1.807) is 18.3 Å². The Bertz CT molecular complexity index is 289. The van der Waals surface area contributed by atoms with E-state index in [1.165, 1.54) is 0 Å². The zero-order valence-corrected chi connectivity index (χ0v) is 8.47. The highest BCUT2D eigenvalue weighted by Gasteiger charge is 2.06. The lowest BCUT2D eigenvalue weighted by Gasteiger charge is -2.12. The zero-order valence-electron chi connectivity index (χ0n) is 8.47. The van der Waals surface area contributed by atoms with Crippen LogP contribution in [0.4, 0.5) is 0 Å². The molecule has 0 bridgehead atoms. The average Bonchev–Trinajstić information content (AvgIpc) is 2.16. The van der Waals surface area contributed by atoms with E-state index in [0.717, 1.165) is 5.56 Å². The van der Waals surface area contributed by atoms with Gasteiger partial charge in [0.15, 0.2) is 0 Å². The fraction of sp³-hybridized carbons (Fsp3) is 0.500. The fourth-order valence-corrected chi connectivity index (χ4v) is 1.07. The summed E-state index contributed by atoms with van der Waals surface area (Å²) in [6.45, 7) is 3.78. The van der Waals surface area contributed by atoms with E-state index >= 15 is 0 Å². The highest BCUT2D eigenvalue weighted by Crippen LogP contribution is 2.15. The fourth-order valence-electron chi connectivity index (χ4n) is 1.07. The van der Waals surface area contributed by atoms with Crippen molar-refractivity contribution < 1.29 is 9.84 Å². The lowest BCUT2D eigenvalue weighted by Crippen LogP contribution is -2.15. The van der Waals surface area contributed by atoms with Crippen LogP contribution in [0.2, 0.25) is 0 Å². The summed E-state index contributed by atoms with van der Waals surface area (Å²) in [5.41, 5.74) is 6.49. The molecule has 0 amide bonds. The van der Waals surface area contributed by atoms with Crippen LogP contribution < -0.4 is 10.5 Å². The molecule has 1 heterocycles. The van der Waals surface area contributed by atoms with Crippen LogP contribution in [-0.4, -0.2) is 22.8 Å². The summed E-state index contributed by atoms with van der Waals surface area (Å²) < 4.78 is 5.40. The summed E-state index contributed by atoms with van der Waals surface area (Å²) in [6, 6.07) is 3.15. The van der Waals surface area contributed by atoms with Gasteiger partial charge < -0.3 is 15.6 Å². The Kier molecular flexibility index (Phi) is 3.85. The number of hydrogen-bond donors (Lipinski definition) is 2. The molecule has 0 spiro atoms. The standard InChI is InChI=1S/C10H16N2O2/c1-7(2)14-10-5-8(3-4-12-10)9(11)6-13/h3-5,7,9,13H,6,11H2,1-2H3. The monoisotopic (exact) mass is 196 g/mol. The molecule has 78 valence electrons. The van der Waals surface area contributed by atoms with Gasteiger partial charge in [0.2, 0.25) is 5.88 Å². The topological polar surface area (TPSA) is 68.4 Å². The predicted molar refractivity (Wildman–Crippen MR) is 54.0 cm³/mol. The van der Waals surface area contributed by atoms with E-state index < -0.39 is 0 Å². The van der Waals surface area contributed by atoms with Crippen LogP contribution in [0, 0.1) is 0 Å². The molecule has 0 saturated carbocycles. The summed E-state index contributed by atoms with van der Waals surface area (Å²) in [6.07, 6.45) is 1.71. The largest absolute Gasteiger partial charge is 0.475 e. The van der Waals surface area contributed by atoms with Crippen molar-refractivity contribution in [3.63, 3.8) is 0 Å². The molecule has 1 rings (SSSR count). The van der Waals surface area contributed by atoms with Crippen molar-refractivity contribution in [3.05, 3.63) is 23.9 Å². The van der Waals surface area contributed by atoms with Crippen molar-refractivity contribution in [1.82, 2.24) is 4.98 Å². The first kappa shape index (κ1) is 10.9. The van der Waals surface area contributed by atoms with Crippen molar-refractivity contribution >= 4 is 0 Å². The minimum absolute atomic E-state index is 0.0782. The molecule has 1 aromatic rings. The lowest BCUT2D eigenvalue weighted by atomic mass is 10.1. The van der Waals surface area contributed by atoms with Crippen LogP contribution >= 0.6 is 0 Å². The summed E-state index contributed by atoms with van der Waals surface area (Å²) in [5.74, 6) is 0.543. The Morgan fingerprint density at radius 3 is 2.86 bits per heavy atom. The maximum Gasteiger partial charge on any atom is 0.213 e. The van der Waals surface area contributed by atoms with Crippen LogP contribution in [0.1, 0.15) is 25.5 Å². The molecule has 1 aromatic heterocycles. The molecule has 4 heteroatoms. The van der Waals surface area contributed by atoms with Gasteiger partial charge in [-0.05, 0) is 25.5 Å². The van der Waals surface area contributed by atoms with Crippen LogP contribution in [0.25, 0.3) is 0 Å². The van der Waals surface area contributed by atoms with Gasteiger partial charge in [0, 0.05) is 12.3 Å². The van der Waals surface area contributed by atoms with Crippen LogP contribution in [0.5, 0.6) is 5.88 Å². The molecule has 0 aliphatic carbocycles. The van der Waals surface area contributed by atoms with Gasteiger partial charge in [0.05, 0.1) is 18.8 Å². The van der Waals surface area contributed by atoms with Gasteiger partial charge in [0.1, 0.15) is 0 Å². The predicted octanol–water partition coefficient (Wildman–Crippen LogP) is 0.861. The average molecular weight is 196 g/mol. The van der Waals surface area contributed by atoms with Gasteiger partial charge in [0.25, 0.3) is 0 Å². The number of hydrogen-bond acceptors (Lipinski definition) is 4. The number of aliphatic hydroxyl groups excluding tert-OH is 1. The number of nitrogens with two attached hydrogens (primary N) is 1. The van der Waals surface area contributed by atoms with Crippen LogP contribution in [-0.2, 0) is 0 Å². The van der Waals surface area contributed by atoms with Crippen molar-refractivity contribution in [2.24, 2.45) is 5.73 Å². The molecule has 3 N–H and O–H groups in total. The van der Waals surface area contributed by atoms with E-state index in [9.17, 15) is 0 Å². The third-order valence-corrected chi connectivity index (χ3v) is 1.74. The Morgan fingerprint density at radius 1 is 1.57 bits per heavy atom. The van der Waals surface area contributed by atoms with E-state index in [1.807, 2.05) is 13.8 Å². The normalized spacial score (nSPS) is 12.9. The second-order valence-electron chi connectivity index (χ2n) is 3.38. The Hall–Kier alpha value is -1.13. The number of rotatable bonds is 4. The first-order valence-electron chi connectivity index (χ1n) is 4.62. The number of ether oxygens (including phenoxy) is 1. The van der Waals surface area contributed by atoms with Gasteiger partial charge in [-0.15, -0.1) is 0 Å². The number of nitrogens with zero attached hydrogens (tertiary/aromatic N) is 1. The van der Waals surface area contributed by atoms with E-state index in [0.29, 0.717) is 5.88 Å². The molecule has 0 aliphatic rings. The molecule has 0 radical (unpaired) electrons. The van der Waals surface area contributed by atoms with E-state index in [4.69, 9.17) is 15.6 Å². The van der Waals surface area contributed by atoms with Gasteiger partial charge in [-0.25, -0.2) is 4.98 Å². The van der Waals surface area contributed by atoms with Gasteiger partial charge in [-0.1, -0.05) is 0 Å². The Morgan fingerprint density at radius 2 is 2.29 bits per heavy atom. The Balaban J connectivity index is 2.78. The molecule has 0 fully saturated rings. The molecule has 0 saturated heterocycles. The molecular weight excluding hydrogens is 180 g/mol. The minimum Gasteiger partial charge on any atom is -0.475 e. The number of pyridine rings is 1. The third kappa shape index (κ3) is 2.97. The first-order valence-corrected chi connectivity index (χ1v) is 4.62. The summed E-state index contributed by atoms with van der Waals surface area (Å²) in [4.78, 5) is 4.04. The summed E-state index contributed by atoms with van der Waals surface area (Å²) >= 11 is 0. The number of aromatic nitrogens is 1. The smallest absolute Gasteiger partial charge is 0.213 e. The molecule has 0 aliphatic heterocycles. The van der Waals surface area contributed by atoms with E-state index in [2.05, 4.69) is 4.98 Å². The van der Waals surface area contributed by atoms with Crippen LogP contribution in [0.15, 0.2) is 18.3 Å². The van der Waals surface area contributed by atoms with Crippen molar-refractivity contribution in [3.8, 4) is 5.88 Å². The minimum atomic E-state index is -0.368. The highest BCUT2D eigenvalue weighted by molar-refractivity contribution is 5.23. The molecule has 4 nitrogen and oxygen atoms in total. The molecule has 14 heavy (non-hydrogen) atoms. The molecule has 0 aromatic carbocycles. The third-order valence-electron chi connectivity index (χ3n) is 1.74. The zero-order chi connectivity index (χ0) is 10.6. The summed E-state index contributed by atoms with van der Waals surface area (Å²) in [7, 11) is 0. The lowest BCUT2D eigenvalue weighted by molar-refractivity contribution is 0.231. The first-order chi connectivity index (χ1) is 6.63. The maximum atomic E-state index is 8.87.